The third-order valence-corrected chi connectivity index (χ3v) is 4.80. The molecule has 0 saturated heterocycles. The van der Waals surface area contributed by atoms with Gasteiger partial charge in [0.1, 0.15) is 10.9 Å². The smallest absolute Gasteiger partial charge is 0.224 e. The molecular formula is C11H7Cl2N3O2S. The summed E-state index contributed by atoms with van der Waals surface area (Å²) in [5.74, 6) is 0.0783. The minimum Gasteiger partial charge on any atom is -0.308 e. The van der Waals surface area contributed by atoms with Crippen LogP contribution < -0.4 is 4.90 Å². The molecule has 0 bridgehead atoms. The molecule has 1 aliphatic heterocycles. The van der Waals surface area contributed by atoms with E-state index in [1.165, 1.54) is 11.1 Å². The first-order chi connectivity index (χ1) is 8.99. The molecular weight excluding hydrogens is 309 g/mol. The van der Waals surface area contributed by atoms with Gasteiger partial charge in [0.05, 0.1) is 16.8 Å². The molecule has 19 heavy (non-hydrogen) atoms. The molecule has 0 saturated carbocycles. The van der Waals surface area contributed by atoms with Gasteiger partial charge in [-0.3, -0.25) is 0 Å². The lowest BCUT2D eigenvalue weighted by Crippen LogP contribution is -2.18. The van der Waals surface area contributed by atoms with Crippen molar-refractivity contribution in [1.29, 1.82) is 0 Å². The molecule has 1 aliphatic rings. The SMILES string of the molecule is O=S1(=O)CN(c2nc(Cl)ncc2Cl)c2ccccc21. The normalized spacial score (nSPS) is 16.4. The van der Waals surface area contributed by atoms with E-state index in [0.29, 0.717) is 5.69 Å². The van der Waals surface area contributed by atoms with Crippen LogP contribution in [0.25, 0.3) is 0 Å². The molecule has 98 valence electrons. The fourth-order valence-corrected chi connectivity index (χ4v) is 3.80. The minimum absolute atomic E-state index is 0.0150. The van der Waals surface area contributed by atoms with Crippen LogP contribution in [0.15, 0.2) is 35.4 Å². The number of para-hydroxylation sites is 1. The summed E-state index contributed by atoms with van der Waals surface area (Å²) >= 11 is 11.8. The van der Waals surface area contributed by atoms with E-state index in [9.17, 15) is 8.42 Å². The van der Waals surface area contributed by atoms with Gasteiger partial charge in [-0.15, -0.1) is 0 Å². The average molecular weight is 316 g/mol. The maximum absolute atomic E-state index is 12.1. The number of hydrogen-bond acceptors (Lipinski definition) is 5. The zero-order valence-electron chi connectivity index (χ0n) is 9.42. The number of rotatable bonds is 1. The van der Waals surface area contributed by atoms with Crippen LogP contribution in [0.5, 0.6) is 0 Å². The summed E-state index contributed by atoms with van der Waals surface area (Å²) in [5.41, 5.74) is 0.541. The van der Waals surface area contributed by atoms with Gasteiger partial charge in [0.2, 0.25) is 5.28 Å². The van der Waals surface area contributed by atoms with Gasteiger partial charge in [-0.05, 0) is 23.7 Å². The van der Waals surface area contributed by atoms with Gasteiger partial charge in [0, 0.05) is 0 Å². The topological polar surface area (TPSA) is 63.2 Å². The Hall–Kier alpha value is -1.37. The van der Waals surface area contributed by atoms with Crippen LogP contribution in [0.3, 0.4) is 0 Å². The van der Waals surface area contributed by atoms with Gasteiger partial charge in [0.25, 0.3) is 0 Å². The lowest BCUT2D eigenvalue weighted by atomic mass is 10.3. The first-order valence-electron chi connectivity index (χ1n) is 5.26. The Labute approximate surface area is 119 Å². The quantitative estimate of drug-likeness (QED) is 0.757. The summed E-state index contributed by atoms with van der Waals surface area (Å²) in [5, 5.41) is 0.262. The molecule has 3 rings (SSSR count). The van der Waals surface area contributed by atoms with Crippen molar-refractivity contribution >= 4 is 44.5 Å². The highest BCUT2D eigenvalue weighted by Gasteiger charge is 2.34. The monoisotopic (exact) mass is 315 g/mol. The maximum Gasteiger partial charge on any atom is 0.224 e. The fraction of sp³-hybridized carbons (Fsp3) is 0.0909. The lowest BCUT2D eigenvalue weighted by molar-refractivity contribution is 0.600. The minimum atomic E-state index is -3.37. The third-order valence-electron chi connectivity index (χ3n) is 2.74. The van der Waals surface area contributed by atoms with Crippen molar-refractivity contribution in [1.82, 2.24) is 9.97 Å². The van der Waals surface area contributed by atoms with E-state index < -0.39 is 9.84 Å². The summed E-state index contributed by atoms with van der Waals surface area (Å²) < 4.78 is 24.1. The van der Waals surface area contributed by atoms with E-state index in [4.69, 9.17) is 23.2 Å². The van der Waals surface area contributed by atoms with Crippen molar-refractivity contribution in [2.24, 2.45) is 0 Å². The van der Waals surface area contributed by atoms with Gasteiger partial charge < -0.3 is 4.90 Å². The summed E-state index contributed by atoms with van der Waals surface area (Å²) in [4.78, 5) is 9.53. The molecule has 0 radical (unpaired) electrons. The highest BCUT2D eigenvalue weighted by Crippen LogP contribution is 2.40. The Morgan fingerprint density at radius 2 is 1.95 bits per heavy atom. The molecule has 5 nitrogen and oxygen atoms in total. The predicted molar refractivity (Wildman–Crippen MR) is 72.7 cm³/mol. The van der Waals surface area contributed by atoms with Gasteiger partial charge >= 0.3 is 0 Å². The van der Waals surface area contributed by atoms with E-state index in [1.54, 1.807) is 24.3 Å². The first kappa shape index (κ1) is 12.7. The Balaban J connectivity index is 2.22. The van der Waals surface area contributed by atoms with Crippen molar-refractivity contribution in [2.75, 3.05) is 10.8 Å². The third kappa shape index (κ3) is 2.05. The Bertz CT molecular complexity index is 764. The molecule has 0 unspecified atom stereocenters. The zero-order valence-corrected chi connectivity index (χ0v) is 11.7. The molecule has 0 N–H and O–H groups in total. The maximum atomic E-state index is 12.1. The summed E-state index contributed by atoms with van der Waals surface area (Å²) in [6.07, 6.45) is 1.35. The Morgan fingerprint density at radius 3 is 2.74 bits per heavy atom. The number of anilines is 2. The van der Waals surface area contributed by atoms with Crippen LogP contribution in [-0.2, 0) is 9.84 Å². The second-order valence-corrected chi connectivity index (χ2v) is 6.62. The Kier molecular flexibility index (Phi) is 2.88. The van der Waals surface area contributed by atoms with Gasteiger partial charge in [-0.25, -0.2) is 13.4 Å². The second kappa shape index (κ2) is 4.33. The summed E-state index contributed by atoms with van der Waals surface area (Å²) in [7, 11) is -3.37. The van der Waals surface area contributed by atoms with Gasteiger partial charge in [-0.1, -0.05) is 23.7 Å². The zero-order chi connectivity index (χ0) is 13.6. The van der Waals surface area contributed by atoms with Crippen molar-refractivity contribution < 1.29 is 8.42 Å². The van der Waals surface area contributed by atoms with Crippen molar-refractivity contribution in [3.05, 3.63) is 40.8 Å². The number of nitrogens with zero attached hydrogens (tertiary/aromatic N) is 3. The van der Waals surface area contributed by atoms with Crippen LogP contribution in [0.2, 0.25) is 10.3 Å². The highest BCUT2D eigenvalue weighted by atomic mass is 35.5. The number of hydrogen-bond donors (Lipinski definition) is 0. The highest BCUT2D eigenvalue weighted by molar-refractivity contribution is 7.92. The number of aromatic nitrogens is 2. The molecule has 1 aromatic carbocycles. The van der Waals surface area contributed by atoms with Gasteiger partial charge in [-0.2, -0.15) is 4.98 Å². The van der Waals surface area contributed by atoms with Crippen LogP contribution in [0.1, 0.15) is 0 Å². The largest absolute Gasteiger partial charge is 0.308 e. The van der Waals surface area contributed by atoms with E-state index in [0.717, 1.165) is 0 Å². The van der Waals surface area contributed by atoms with E-state index in [2.05, 4.69) is 9.97 Å². The molecule has 2 heterocycles. The standard InChI is InChI=1S/C11H7Cl2N3O2S/c12-7-5-14-11(13)15-10(7)16-6-19(17,18)9-4-2-1-3-8(9)16/h1-5H,6H2. The average Bonchev–Trinajstić information content (AvgIpc) is 2.65. The number of halogens is 2. The van der Waals surface area contributed by atoms with Gasteiger partial charge in [0.15, 0.2) is 15.7 Å². The van der Waals surface area contributed by atoms with Crippen LogP contribution in [-0.4, -0.2) is 24.3 Å². The predicted octanol–water partition coefficient (Wildman–Crippen LogP) is 2.67. The van der Waals surface area contributed by atoms with E-state index >= 15 is 0 Å². The van der Waals surface area contributed by atoms with Crippen LogP contribution in [0, 0.1) is 0 Å². The molecule has 0 spiro atoms. The molecule has 0 fully saturated rings. The lowest BCUT2D eigenvalue weighted by Gasteiger charge is -2.17. The van der Waals surface area contributed by atoms with E-state index in [-0.39, 0.29) is 26.9 Å². The van der Waals surface area contributed by atoms with Crippen molar-refractivity contribution in [2.45, 2.75) is 4.90 Å². The second-order valence-electron chi connectivity index (χ2n) is 3.95. The first-order valence-corrected chi connectivity index (χ1v) is 7.67. The molecule has 2 aromatic rings. The number of benzene rings is 1. The molecule has 0 aliphatic carbocycles. The molecule has 0 atom stereocenters. The number of fused-ring (bicyclic) bond motifs is 1. The summed E-state index contributed by atoms with van der Waals surface area (Å²) in [6.45, 7) is 0. The summed E-state index contributed by atoms with van der Waals surface area (Å²) in [6, 6.07) is 6.69. The molecule has 1 aromatic heterocycles. The van der Waals surface area contributed by atoms with Crippen LogP contribution >= 0.6 is 23.2 Å². The van der Waals surface area contributed by atoms with Crippen molar-refractivity contribution in [3.8, 4) is 0 Å². The fourth-order valence-electron chi connectivity index (χ4n) is 1.95. The molecule has 0 amide bonds. The number of sulfone groups is 1. The van der Waals surface area contributed by atoms with Crippen molar-refractivity contribution in [3.63, 3.8) is 0 Å². The Morgan fingerprint density at radius 1 is 1.21 bits per heavy atom. The van der Waals surface area contributed by atoms with E-state index in [1.807, 2.05) is 0 Å². The molecule has 8 heteroatoms. The van der Waals surface area contributed by atoms with Crippen LogP contribution in [0.4, 0.5) is 11.5 Å².